The highest BCUT2D eigenvalue weighted by atomic mass is 28.3. The zero-order chi connectivity index (χ0) is 13.4. The molecule has 0 amide bonds. The maximum absolute atomic E-state index is 6.16. The summed E-state index contributed by atoms with van der Waals surface area (Å²) in [6.45, 7) is 8.85. The van der Waals surface area contributed by atoms with Gasteiger partial charge >= 0.3 is 0 Å². The van der Waals surface area contributed by atoms with Crippen molar-refractivity contribution in [2.24, 2.45) is 0 Å². The molecule has 1 radical (unpaired) electrons. The van der Waals surface area contributed by atoms with Crippen molar-refractivity contribution >= 4 is 14.2 Å². The first-order chi connectivity index (χ1) is 8.63. The van der Waals surface area contributed by atoms with Crippen molar-refractivity contribution < 1.29 is 4.43 Å². The van der Waals surface area contributed by atoms with E-state index in [0.717, 1.165) is 0 Å². The Hall–Kier alpha value is -0.603. The molecule has 101 valence electrons. The van der Waals surface area contributed by atoms with Gasteiger partial charge in [0, 0.05) is 6.10 Å². The summed E-state index contributed by atoms with van der Waals surface area (Å²) in [5.74, 6) is 0. The Morgan fingerprint density at radius 3 is 2.39 bits per heavy atom. The molecule has 0 bridgehead atoms. The third kappa shape index (κ3) is 5.83. The van der Waals surface area contributed by atoms with Gasteiger partial charge in [-0.3, -0.25) is 0 Å². The van der Waals surface area contributed by atoms with Crippen LogP contribution < -0.4 is 5.19 Å². The van der Waals surface area contributed by atoms with Crippen molar-refractivity contribution in [1.82, 2.24) is 0 Å². The number of hydrogen-bond acceptors (Lipinski definition) is 1. The highest BCUT2D eigenvalue weighted by Crippen LogP contribution is 2.09. The molecule has 1 aromatic carbocycles. The maximum atomic E-state index is 6.16. The standard InChI is InChI=1S/C16H27OSi/c1-5-6-7-8-9-15(3)17-18(4)16-12-10-14(2)11-13-16/h10-13,15H,5-9H2,1-4H3. The van der Waals surface area contributed by atoms with Crippen LogP contribution in [0.4, 0.5) is 0 Å². The Labute approximate surface area is 114 Å². The zero-order valence-electron chi connectivity index (χ0n) is 12.3. The van der Waals surface area contributed by atoms with Crippen molar-refractivity contribution in [2.75, 3.05) is 0 Å². The molecule has 0 spiro atoms. The van der Waals surface area contributed by atoms with Crippen LogP contribution in [-0.2, 0) is 4.43 Å². The molecule has 18 heavy (non-hydrogen) atoms. The van der Waals surface area contributed by atoms with Gasteiger partial charge in [0.2, 0.25) is 9.04 Å². The third-order valence-corrected chi connectivity index (χ3v) is 5.20. The fourth-order valence-corrected chi connectivity index (χ4v) is 3.57. The first-order valence-corrected chi connectivity index (χ1v) is 9.11. The van der Waals surface area contributed by atoms with Gasteiger partial charge in [-0.1, -0.05) is 62.4 Å². The molecule has 0 aliphatic carbocycles. The van der Waals surface area contributed by atoms with Crippen molar-refractivity contribution in [3.8, 4) is 0 Å². The molecule has 1 unspecified atom stereocenters. The van der Waals surface area contributed by atoms with E-state index in [1.54, 1.807) is 0 Å². The van der Waals surface area contributed by atoms with Crippen molar-refractivity contribution in [1.29, 1.82) is 0 Å². The summed E-state index contributed by atoms with van der Waals surface area (Å²) in [6.07, 6.45) is 6.92. The Morgan fingerprint density at radius 1 is 1.11 bits per heavy atom. The van der Waals surface area contributed by atoms with Crippen molar-refractivity contribution in [3.05, 3.63) is 29.8 Å². The monoisotopic (exact) mass is 263 g/mol. The number of benzene rings is 1. The number of hydrogen-bond donors (Lipinski definition) is 0. The number of rotatable bonds is 8. The van der Waals surface area contributed by atoms with E-state index in [4.69, 9.17) is 4.43 Å². The maximum Gasteiger partial charge on any atom is 0.243 e. The Kier molecular flexibility index (Phi) is 7.29. The lowest BCUT2D eigenvalue weighted by molar-refractivity contribution is 0.212. The lowest BCUT2D eigenvalue weighted by Gasteiger charge is -2.18. The van der Waals surface area contributed by atoms with Crippen LogP contribution in [0, 0.1) is 6.92 Å². The number of aryl methyl sites for hydroxylation is 1. The molecule has 1 atom stereocenters. The summed E-state index contributed by atoms with van der Waals surface area (Å²) in [6, 6.07) is 8.79. The Morgan fingerprint density at radius 2 is 1.78 bits per heavy atom. The van der Waals surface area contributed by atoms with E-state index < -0.39 is 9.04 Å². The normalized spacial score (nSPS) is 12.9. The SMILES string of the molecule is CCCCCCC(C)O[Si](C)c1ccc(C)cc1. The topological polar surface area (TPSA) is 9.23 Å². The van der Waals surface area contributed by atoms with Crippen LogP contribution in [0.5, 0.6) is 0 Å². The second-order valence-corrected chi connectivity index (χ2v) is 7.13. The fourth-order valence-electron chi connectivity index (χ4n) is 2.08. The van der Waals surface area contributed by atoms with Gasteiger partial charge in [0.25, 0.3) is 0 Å². The van der Waals surface area contributed by atoms with E-state index in [-0.39, 0.29) is 0 Å². The van der Waals surface area contributed by atoms with Gasteiger partial charge in [-0.25, -0.2) is 0 Å². The van der Waals surface area contributed by atoms with Gasteiger partial charge in [-0.2, -0.15) is 0 Å². The largest absolute Gasteiger partial charge is 0.409 e. The van der Waals surface area contributed by atoms with Gasteiger partial charge in [0.1, 0.15) is 0 Å². The van der Waals surface area contributed by atoms with Crippen LogP contribution in [0.15, 0.2) is 24.3 Å². The average molecular weight is 263 g/mol. The molecule has 1 rings (SSSR count). The molecule has 0 aromatic heterocycles. The molecule has 1 nitrogen and oxygen atoms in total. The van der Waals surface area contributed by atoms with E-state index in [1.807, 2.05) is 0 Å². The van der Waals surface area contributed by atoms with Gasteiger partial charge < -0.3 is 4.43 Å². The van der Waals surface area contributed by atoms with Crippen LogP contribution in [0.25, 0.3) is 0 Å². The van der Waals surface area contributed by atoms with Crippen molar-refractivity contribution in [3.63, 3.8) is 0 Å². The summed E-state index contributed by atoms with van der Waals surface area (Å²) in [7, 11) is -0.825. The van der Waals surface area contributed by atoms with Gasteiger partial charge in [0.15, 0.2) is 0 Å². The predicted octanol–water partition coefficient (Wildman–Crippen LogP) is 4.20. The summed E-state index contributed by atoms with van der Waals surface area (Å²) in [5.41, 5.74) is 1.32. The fraction of sp³-hybridized carbons (Fsp3) is 0.625. The first-order valence-electron chi connectivity index (χ1n) is 7.20. The van der Waals surface area contributed by atoms with Crippen LogP contribution in [0.1, 0.15) is 51.5 Å². The number of unbranched alkanes of at least 4 members (excludes halogenated alkanes) is 3. The second-order valence-electron chi connectivity index (χ2n) is 5.20. The first kappa shape index (κ1) is 15.5. The lowest BCUT2D eigenvalue weighted by Crippen LogP contribution is -2.33. The predicted molar refractivity (Wildman–Crippen MR) is 81.7 cm³/mol. The molecule has 0 N–H and O–H groups in total. The minimum absolute atomic E-state index is 0.405. The highest BCUT2D eigenvalue weighted by molar-refractivity contribution is 6.66. The average Bonchev–Trinajstić information content (AvgIpc) is 2.35. The second kappa shape index (κ2) is 8.49. The van der Waals surface area contributed by atoms with E-state index in [0.29, 0.717) is 6.10 Å². The summed E-state index contributed by atoms with van der Waals surface area (Å²) < 4.78 is 6.16. The summed E-state index contributed by atoms with van der Waals surface area (Å²) >= 11 is 0. The minimum atomic E-state index is -0.825. The highest BCUT2D eigenvalue weighted by Gasteiger charge is 2.13. The van der Waals surface area contributed by atoms with E-state index in [2.05, 4.69) is 51.6 Å². The molecule has 0 saturated carbocycles. The van der Waals surface area contributed by atoms with Crippen molar-refractivity contribution in [2.45, 2.75) is 65.5 Å². The van der Waals surface area contributed by atoms with Crippen LogP contribution in [0.2, 0.25) is 6.55 Å². The summed E-state index contributed by atoms with van der Waals surface area (Å²) in [4.78, 5) is 0. The van der Waals surface area contributed by atoms with Crippen LogP contribution >= 0.6 is 0 Å². The minimum Gasteiger partial charge on any atom is -0.409 e. The third-order valence-electron chi connectivity index (χ3n) is 3.30. The van der Waals surface area contributed by atoms with E-state index in [9.17, 15) is 0 Å². The molecule has 0 aliphatic rings. The lowest BCUT2D eigenvalue weighted by atomic mass is 10.1. The molecular weight excluding hydrogens is 236 g/mol. The molecule has 0 aliphatic heterocycles. The molecule has 0 fully saturated rings. The Bertz CT molecular complexity index is 320. The van der Waals surface area contributed by atoms with E-state index >= 15 is 0 Å². The molecule has 0 heterocycles. The van der Waals surface area contributed by atoms with Gasteiger partial charge in [0.05, 0.1) is 0 Å². The molecular formula is C16H27OSi. The quantitative estimate of drug-likeness (QED) is 0.504. The molecule has 2 heteroatoms. The summed E-state index contributed by atoms with van der Waals surface area (Å²) in [5, 5.41) is 1.38. The van der Waals surface area contributed by atoms with E-state index in [1.165, 1.54) is 42.9 Å². The van der Waals surface area contributed by atoms with Gasteiger partial charge in [-0.05, 0) is 32.0 Å². The molecule has 0 saturated heterocycles. The van der Waals surface area contributed by atoms with Crippen LogP contribution in [0.3, 0.4) is 0 Å². The van der Waals surface area contributed by atoms with Gasteiger partial charge in [-0.15, -0.1) is 0 Å². The molecule has 1 aromatic rings. The smallest absolute Gasteiger partial charge is 0.243 e. The zero-order valence-corrected chi connectivity index (χ0v) is 13.3. The Balaban J connectivity index is 2.30. The van der Waals surface area contributed by atoms with Crippen LogP contribution in [-0.4, -0.2) is 15.1 Å².